The molecular weight excluding hydrogens is 255 g/mol. The van der Waals surface area contributed by atoms with E-state index in [1.807, 2.05) is 6.92 Å². The minimum atomic E-state index is -0.685. The van der Waals surface area contributed by atoms with Crippen molar-refractivity contribution in [2.75, 3.05) is 5.32 Å². The van der Waals surface area contributed by atoms with E-state index < -0.39 is 11.9 Å². The van der Waals surface area contributed by atoms with E-state index in [0.717, 1.165) is 5.56 Å². The first-order valence-electron chi connectivity index (χ1n) is 5.26. The number of halogens is 2. The highest BCUT2D eigenvalue weighted by atomic mass is 35.5. The lowest BCUT2D eigenvalue weighted by atomic mass is 10.2. The molecule has 0 aliphatic rings. The van der Waals surface area contributed by atoms with Crippen molar-refractivity contribution in [2.45, 2.75) is 6.92 Å². The summed E-state index contributed by atoms with van der Waals surface area (Å²) in [4.78, 5) is 15.3. The summed E-state index contributed by atoms with van der Waals surface area (Å²) < 4.78 is 12.9. The number of carbonyl (C=O) groups is 1. The molecule has 18 heavy (non-hydrogen) atoms. The number of carbonyl (C=O) groups excluding carboxylic acids is 1. The van der Waals surface area contributed by atoms with Crippen LogP contribution >= 0.6 is 11.6 Å². The molecule has 0 aliphatic carbocycles. The third-order valence-corrected chi connectivity index (χ3v) is 2.62. The maximum Gasteiger partial charge on any atom is 0.274 e. The van der Waals surface area contributed by atoms with Gasteiger partial charge < -0.3 is 5.32 Å². The normalized spacial score (nSPS) is 10.2. The molecule has 0 saturated heterocycles. The number of amides is 1. The van der Waals surface area contributed by atoms with Gasteiger partial charge in [0.1, 0.15) is 5.69 Å². The van der Waals surface area contributed by atoms with Crippen LogP contribution in [0.15, 0.2) is 36.4 Å². The summed E-state index contributed by atoms with van der Waals surface area (Å²) in [5.74, 6) is -1.14. The van der Waals surface area contributed by atoms with Crippen molar-refractivity contribution >= 4 is 23.2 Å². The zero-order valence-electron chi connectivity index (χ0n) is 9.58. The fourth-order valence-corrected chi connectivity index (χ4v) is 1.72. The van der Waals surface area contributed by atoms with Crippen molar-refractivity contribution in [3.05, 3.63) is 58.6 Å². The topological polar surface area (TPSA) is 42.0 Å². The molecule has 0 aliphatic heterocycles. The van der Waals surface area contributed by atoms with E-state index in [1.165, 1.54) is 18.2 Å². The molecule has 0 saturated carbocycles. The van der Waals surface area contributed by atoms with Gasteiger partial charge in [-0.15, -0.1) is 0 Å². The van der Waals surface area contributed by atoms with E-state index in [2.05, 4.69) is 10.3 Å². The zero-order chi connectivity index (χ0) is 13.1. The van der Waals surface area contributed by atoms with Crippen LogP contribution in [0.1, 0.15) is 16.1 Å². The predicted molar refractivity (Wildman–Crippen MR) is 68.3 cm³/mol. The van der Waals surface area contributed by atoms with Crippen LogP contribution in [-0.4, -0.2) is 10.9 Å². The fraction of sp³-hybridized carbons (Fsp3) is 0.0769. The van der Waals surface area contributed by atoms with Crippen LogP contribution in [0.2, 0.25) is 5.02 Å². The lowest BCUT2D eigenvalue weighted by Crippen LogP contribution is -2.14. The van der Waals surface area contributed by atoms with Crippen LogP contribution in [0, 0.1) is 12.9 Å². The van der Waals surface area contributed by atoms with Crippen molar-refractivity contribution < 1.29 is 9.18 Å². The van der Waals surface area contributed by atoms with Gasteiger partial charge in [0.25, 0.3) is 5.91 Å². The zero-order valence-corrected chi connectivity index (χ0v) is 10.3. The Balaban J connectivity index is 2.21. The lowest BCUT2D eigenvalue weighted by molar-refractivity contribution is 0.102. The summed E-state index contributed by atoms with van der Waals surface area (Å²) >= 11 is 5.82. The highest BCUT2D eigenvalue weighted by Gasteiger charge is 2.09. The molecule has 92 valence electrons. The molecule has 1 N–H and O–H groups in total. The number of rotatable bonds is 2. The maximum atomic E-state index is 12.9. The van der Waals surface area contributed by atoms with Gasteiger partial charge in [-0.2, -0.15) is 4.39 Å². The van der Waals surface area contributed by atoms with E-state index in [4.69, 9.17) is 11.6 Å². The molecule has 1 heterocycles. The first-order valence-corrected chi connectivity index (χ1v) is 5.64. The van der Waals surface area contributed by atoms with Crippen molar-refractivity contribution in [1.82, 2.24) is 4.98 Å². The number of aryl methyl sites for hydroxylation is 1. The van der Waals surface area contributed by atoms with Crippen molar-refractivity contribution in [3.8, 4) is 0 Å². The third kappa shape index (κ3) is 2.84. The van der Waals surface area contributed by atoms with Crippen LogP contribution in [0.4, 0.5) is 10.1 Å². The average Bonchev–Trinajstić information content (AvgIpc) is 2.32. The van der Waals surface area contributed by atoms with E-state index in [1.54, 1.807) is 18.2 Å². The maximum absolute atomic E-state index is 12.9. The summed E-state index contributed by atoms with van der Waals surface area (Å²) in [7, 11) is 0. The summed E-state index contributed by atoms with van der Waals surface area (Å²) in [5.41, 5.74) is 1.48. The number of benzene rings is 1. The Morgan fingerprint density at radius 2 is 2.11 bits per heavy atom. The number of nitrogens with one attached hydrogen (secondary N) is 1. The van der Waals surface area contributed by atoms with Gasteiger partial charge in [0.15, 0.2) is 0 Å². The SMILES string of the molecule is Cc1cc(Cl)ccc1NC(=O)c1cccc(F)n1. The van der Waals surface area contributed by atoms with E-state index in [-0.39, 0.29) is 5.69 Å². The monoisotopic (exact) mass is 264 g/mol. The standard InChI is InChI=1S/C13H10ClFN2O/c1-8-7-9(14)5-6-10(8)17-13(18)11-3-2-4-12(15)16-11/h2-7H,1H3,(H,17,18). The quantitative estimate of drug-likeness (QED) is 0.845. The van der Waals surface area contributed by atoms with Gasteiger partial charge in [-0.05, 0) is 42.8 Å². The van der Waals surface area contributed by atoms with Crippen molar-refractivity contribution in [3.63, 3.8) is 0 Å². The summed E-state index contributed by atoms with van der Waals surface area (Å²) in [6.07, 6.45) is 0. The van der Waals surface area contributed by atoms with E-state index in [0.29, 0.717) is 10.7 Å². The van der Waals surface area contributed by atoms with Crippen LogP contribution in [0.3, 0.4) is 0 Å². The van der Waals surface area contributed by atoms with Crippen LogP contribution in [0.5, 0.6) is 0 Å². The Hall–Kier alpha value is -1.94. The molecule has 0 radical (unpaired) electrons. The molecule has 0 spiro atoms. The molecule has 2 rings (SSSR count). The van der Waals surface area contributed by atoms with E-state index in [9.17, 15) is 9.18 Å². The van der Waals surface area contributed by atoms with Crippen LogP contribution in [-0.2, 0) is 0 Å². The van der Waals surface area contributed by atoms with Gasteiger partial charge in [-0.25, -0.2) is 4.98 Å². The molecule has 0 atom stereocenters. The van der Waals surface area contributed by atoms with Crippen molar-refractivity contribution in [2.24, 2.45) is 0 Å². The number of hydrogen-bond donors (Lipinski definition) is 1. The summed E-state index contributed by atoms with van der Waals surface area (Å²) in [5, 5.41) is 3.25. The Kier molecular flexibility index (Phi) is 3.58. The first-order chi connectivity index (χ1) is 8.56. The minimum absolute atomic E-state index is 0.0318. The Labute approximate surface area is 109 Å². The molecule has 0 bridgehead atoms. The highest BCUT2D eigenvalue weighted by molar-refractivity contribution is 6.30. The molecule has 2 aromatic rings. The largest absolute Gasteiger partial charge is 0.320 e. The van der Waals surface area contributed by atoms with Gasteiger partial charge in [0, 0.05) is 10.7 Å². The minimum Gasteiger partial charge on any atom is -0.320 e. The lowest BCUT2D eigenvalue weighted by Gasteiger charge is -2.08. The van der Waals surface area contributed by atoms with Gasteiger partial charge >= 0.3 is 0 Å². The summed E-state index contributed by atoms with van der Waals surface area (Å²) in [6.45, 7) is 1.82. The second kappa shape index (κ2) is 5.14. The highest BCUT2D eigenvalue weighted by Crippen LogP contribution is 2.20. The molecular formula is C13H10ClFN2O. The second-order valence-corrected chi connectivity index (χ2v) is 4.20. The Bertz CT molecular complexity index is 601. The molecule has 1 amide bonds. The van der Waals surface area contributed by atoms with E-state index >= 15 is 0 Å². The second-order valence-electron chi connectivity index (χ2n) is 3.76. The summed E-state index contributed by atoms with van der Waals surface area (Å²) in [6, 6.07) is 9.16. The average molecular weight is 265 g/mol. The number of nitrogens with zero attached hydrogens (tertiary/aromatic N) is 1. The van der Waals surface area contributed by atoms with Crippen LogP contribution in [0.25, 0.3) is 0 Å². The van der Waals surface area contributed by atoms with Gasteiger partial charge in [0.2, 0.25) is 5.95 Å². The molecule has 0 unspecified atom stereocenters. The van der Waals surface area contributed by atoms with Gasteiger partial charge in [-0.1, -0.05) is 17.7 Å². The molecule has 5 heteroatoms. The number of pyridine rings is 1. The fourth-order valence-electron chi connectivity index (χ4n) is 1.49. The molecule has 1 aromatic carbocycles. The third-order valence-electron chi connectivity index (χ3n) is 2.38. The number of anilines is 1. The van der Waals surface area contributed by atoms with Crippen LogP contribution < -0.4 is 5.32 Å². The predicted octanol–water partition coefficient (Wildman–Crippen LogP) is 3.43. The molecule has 1 aromatic heterocycles. The first kappa shape index (κ1) is 12.5. The Morgan fingerprint density at radius 1 is 1.33 bits per heavy atom. The van der Waals surface area contributed by atoms with Crippen molar-refractivity contribution in [1.29, 1.82) is 0 Å². The van der Waals surface area contributed by atoms with Gasteiger partial charge in [-0.3, -0.25) is 4.79 Å². The smallest absolute Gasteiger partial charge is 0.274 e. The number of hydrogen-bond acceptors (Lipinski definition) is 2. The Morgan fingerprint density at radius 3 is 2.78 bits per heavy atom. The molecule has 3 nitrogen and oxygen atoms in total. The van der Waals surface area contributed by atoms with Gasteiger partial charge in [0.05, 0.1) is 0 Å². The number of aromatic nitrogens is 1. The molecule has 0 fully saturated rings.